The number of fused-ring (bicyclic) bond motifs is 2. The topological polar surface area (TPSA) is 72.7 Å². The van der Waals surface area contributed by atoms with Crippen LogP contribution < -0.4 is 5.32 Å². The van der Waals surface area contributed by atoms with Gasteiger partial charge in [0.15, 0.2) is 5.82 Å². The molecule has 0 atom stereocenters. The molecule has 1 aliphatic heterocycles. The number of nitrogens with zero attached hydrogens (tertiary/aromatic N) is 4. The van der Waals surface area contributed by atoms with Crippen LogP contribution >= 0.6 is 0 Å². The quantitative estimate of drug-likeness (QED) is 0.590. The highest BCUT2D eigenvalue weighted by molar-refractivity contribution is 6.11. The van der Waals surface area contributed by atoms with E-state index < -0.39 is 0 Å². The average molecular weight is 369 g/mol. The summed E-state index contributed by atoms with van der Waals surface area (Å²) in [6.07, 6.45) is 4.98. The van der Waals surface area contributed by atoms with E-state index in [1.165, 1.54) is 6.42 Å². The first-order chi connectivity index (χ1) is 13.8. The van der Waals surface area contributed by atoms with Crippen LogP contribution in [0.1, 0.15) is 29.2 Å². The predicted octanol–water partition coefficient (Wildman–Crippen LogP) is 4.08. The molecule has 0 bridgehead atoms. The van der Waals surface area contributed by atoms with Crippen LogP contribution in [-0.2, 0) is 13.0 Å². The SMILES string of the molecule is O=C(Nc1ccc(-c2nnc3n2CCCC3)cc1)c1nccc2ccccc12. The lowest BCUT2D eigenvalue weighted by molar-refractivity contribution is 0.102. The minimum Gasteiger partial charge on any atom is -0.321 e. The van der Waals surface area contributed by atoms with E-state index >= 15 is 0 Å². The molecule has 2 aromatic heterocycles. The molecule has 0 saturated carbocycles. The van der Waals surface area contributed by atoms with Gasteiger partial charge in [-0.2, -0.15) is 0 Å². The molecule has 138 valence electrons. The van der Waals surface area contributed by atoms with Gasteiger partial charge < -0.3 is 9.88 Å². The zero-order chi connectivity index (χ0) is 18.9. The number of aryl methyl sites for hydroxylation is 1. The van der Waals surface area contributed by atoms with E-state index in [0.29, 0.717) is 5.69 Å². The number of carbonyl (C=O) groups excluding carboxylic acids is 1. The van der Waals surface area contributed by atoms with Crippen molar-refractivity contribution >= 4 is 22.4 Å². The Bertz CT molecular complexity index is 1160. The van der Waals surface area contributed by atoms with Crippen molar-refractivity contribution in [2.45, 2.75) is 25.8 Å². The van der Waals surface area contributed by atoms with E-state index in [1.54, 1.807) is 6.20 Å². The minimum atomic E-state index is -0.218. The fourth-order valence-corrected chi connectivity index (χ4v) is 3.72. The molecule has 0 unspecified atom stereocenters. The van der Waals surface area contributed by atoms with Gasteiger partial charge in [0.1, 0.15) is 11.5 Å². The number of anilines is 1. The molecule has 0 spiro atoms. The maximum atomic E-state index is 12.7. The van der Waals surface area contributed by atoms with Crippen LogP contribution in [-0.4, -0.2) is 25.7 Å². The second kappa shape index (κ2) is 6.88. The van der Waals surface area contributed by atoms with Gasteiger partial charge in [0, 0.05) is 35.8 Å². The van der Waals surface area contributed by atoms with Crippen LogP contribution in [0.5, 0.6) is 0 Å². The zero-order valence-electron chi connectivity index (χ0n) is 15.3. The third kappa shape index (κ3) is 2.93. The molecular formula is C22H19N5O. The highest BCUT2D eigenvalue weighted by Gasteiger charge is 2.17. The highest BCUT2D eigenvalue weighted by atomic mass is 16.1. The van der Waals surface area contributed by atoms with Crippen molar-refractivity contribution in [3.05, 3.63) is 72.3 Å². The monoisotopic (exact) mass is 369 g/mol. The second-order valence-corrected chi connectivity index (χ2v) is 6.96. The van der Waals surface area contributed by atoms with Gasteiger partial charge in [0.2, 0.25) is 0 Å². The number of hydrogen-bond donors (Lipinski definition) is 1. The molecule has 0 radical (unpaired) electrons. The van der Waals surface area contributed by atoms with Crippen molar-refractivity contribution in [3.8, 4) is 11.4 Å². The van der Waals surface area contributed by atoms with Crippen LogP contribution in [0.4, 0.5) is 5.69 Å². The molecule has 1 aliphatic rings. The van der Waals surface area contributed by atoms with E-state index in [2.05, 4.69) is 25.1 Å². The third-order valence-corrected chi connectivity index (χ3v) is 5.15. The summed E-state index contributed by atoms with van der Waals surface area (Å²) in [4.78, 5) is 17.0. The summed E-state index contributed by atoms with van der Waals surface area (Å²) in [5.74, 6) is 1.73. The Morgan fingerprint density at radius 3 is 2.71 bits per heavy atom. The van der Waals surface area contributed by atoms with E-state index in [4.69, 9.17) is 0 Å². The summed E-state index contributed by atoms with van der Waals surface area (Å²) in [5.41, 5.74) is 2.15. The van der Waals surface area contributed by atoms with Gasteiger partial charge in [-0.3, -0.25) is 9.78 Å². The third-order valence-electron chi connectivity index (χ3n) is 5.15. The largest absolute Gasteiger partial charge is 0.321 e. The van der Waals surface area contributed by atoms with Crippen LogP contribution in [0.15, 0.2) is 60.8 Å². The molecule has 6 nitrogen and oxygen atoms in total. The number of aromatic nitrogens is 4. The number of amides is 1. The summed E-state index contributed by atoms with van der Waals surface area (Å²) in [5, 5.41) is 13.4. The van der Waals surface area contributed by atoms with Crippen molar-refractivity contribution in [1.82, 2.24) is 19.7 Å². The van der Waals surface area contributed by atoms with E-state index in [0.717, 1.165) is 53.1 Å². The van der Waals surface area contributed by atoms with Gasteiger partial charge in [0.25, 0.3) is 5.91 Å². The summed E-state index contributed by atoms with van der Waals surface area (Å²) in [7, 11) is 0. The standard InChI is InChI=1S/C22H19N5O/c28-22(20-18-6-2-1-5-15(18)12-13-23-20)24-17-10-8-16(9-11-17)21-26-25-19-7-3-4-14-27(19)21/h1-2,5-6,8-13H,3-4,7,14H2,(H,24,28). The Morgan fingerprint density at radius 1 is 0.964 bits per heavy atom. The van der Waals surface area contributed by atoms with Crippen LogP contribution in [0.3, 0.4) is 0 Å². The van der Waals surface area contributed by atoms with Gasteiger partial charge in [-0.05, 0) is 48.6 Å². The molecule has 1 amide bonds. The number of benzene rings is 2. The minimum absolute atomic E-state index is 0.218. The number of pyridine rings is 1. The first-order valence-corrected chi connectivity index (χ1v) is 9.47. The lowest BCUT2D eigenvalue weighted by Gasteiger charge is -2.14. The zero-order valence-corrected chi connectivity index (χ0v) is 15.3. The summed E-state index contributed by atoms with van der Waals surface area (Å²) < 4.78 is 2.19. The maximum absolute atomic E-state index is 12.7. The Kier molecular flexibility index (Phi) is 4.09. The van der Waals surface area contributed by atoms with E-state index in [-0.39, 0.29) is 5.91 Å². The van der Waals surface area contributed by atoms with Crippen molar-refractivity contribution in [2.24, 2.45) is 0 Å². The smallest absolute Gasteiger partial charge is 0.274 e. The molecule has 28 heavy (non-hydrogen) atoms. The molecular weight excluding hydrogens is 350 g/mol. The van der Waals surface area contributed by atoms with E-state index in [1.807, 2.05) is 54.6 Å². The Balaban J connectivity index is 1.39. The summed E-state index contributed by atoms with van der Waals surface area (Å²) in [6, 6.07) is 17.4. The molecule has 1 N–H and O–H groups in total. The number of nitrogens with one attached hydrogen (secondary N) is 1. The molecule has 3 heterocycles. The number of rotatable bonds is 3. The summed E-state index contributed by atoms with van der Waals surface area (Å²) >= 11 is 0. The number of carbonyl (C=O) groups is 1. The van der Waals surface area contributed by atoms with Crippen molar-refractivity contribution in [3.63, 3.8) is 0 Å². The molecule has 5 rings (SSSR count). The fourth-order valence-electron chi connectivity index (χ4n) is 3.72. The highest BCUT2D eigenvalue weighted by Crippen LogP contribution is 2.24. The van der Waals surface area contributed by atoms with Crippen molar-refractivity contribution < 1.29 is 4.79 Å². The Morgan fingerprint density at radius 2 is 1.82 bits per heavy atom. The van der Waals surface area contributed by atoms with Crippen molar-refractivity contribution in [2.75, 3.05) is 5.32 Å². The molecule has 2 aromatic carbocycles. The van der Waals surface area contributed by atoms with Gasteiger partial charge in [0.05, 0.1) is 0 Å². The van der Waals surface area contributed by atoms with Gasteiger partial charge in [-0.15, -0.1) is 10.2 Å². The maximum Gasteiger partial charge on any atom is 0.274 e. The van der Waals surface area contributed by atoms with Gasteiger partial charge in [-0.1, -0.05) is 24.3 Å². The molecule has 6 heteroatoms. The van der Waals surface area contributed by atoms with Crippen LogP contribution in [0, 0.1) is 0 Å². The molecule has 4 aromatic rings. The average Bonchev–Trinajstić information content (AvgIpc) is 3.18. The lowest BCUT2D eigenvalue weighted by Crippen LogP contribution is -2.14. The van der Waals surface area contributed by atoms with Gasteiger partial charge in [-0.25, -0.2) is 0 Å². The lowest BCUT2D eigenvalue weighted by atomic mass is 10.1. The Labute approximate surface area is 162 Å². The van der Waals surface area contributed by atoms with Crippen LogP contribution in [0.25, 0.3) is 22.2 Å². The molecule has 0 aliphatic carbocycles. The normalized spacial score (nSPS) is 13.3. The second-order valence-electron chi connectivity index (χ2n) is 6.96. The van der Waals surface area contributed by atoms with Crippen molar-refractivity contribution in [1.29, 1.82) is 0 Å². The van der Waals surface area contributed by atoms with Crippen LogP contribution in [0.2, 0.25) is 0 Å². The number of hydrogen-bond acceptors (Lipinski definition) is 4. The van der Waals surface area contributed by atoms with E-state index in [9.17, 15) is 4.79 Å². The first-order valence-electron chi connectivity index (χ1n) is 9.47. The molecule has 0 fully saturated rings. The first kappa shape index (κ1) is 16.6. The fraction of sp³-hybridized carbons (Fsp3) is 0.182. The molecule has 0 saturated heterocycles. The Hall–Kier alpha value is -3.54. The summed E-state index contributed by atoms with van der Waals surface area (Å²) in [6.45, 7) is 0.961. The predicted molar refractivity (Wildman–Crippen MR) is 108 cm³/mol. The van der Waals surface area contributed by atoms with Gasteiger partial charge >= 0.3 is 0 Å².